The number of carbonyl (C=O) groups excluding carboxylic acids is 1. The molecule has 1 aromatic heterocycles. The third-order valence-corrected chi connectivity index (χ3v) is 3.08. The number of rotatable bonds is 4. The molecule has 6 nitrogen and oxygen atoms in total. The third kappa shape index (κ3) is 3.04. The summed E-state index contributed by atoms with van der Waals surface area (Å²) in [5.74, 6) is 0.0812. The molecule has 2 heterocycles. The molecular formula is C11H19N5O. The van der Waals surface area contributed by atoms with Gasteiger partial charge in [0.25, 0.3) is 0 Å². The predicted octanol–water partition coefficient (Wildman–Crippen LogP) is -1.10. The van der Waals surface area contributed by atoms with Crippen molar-refractivity contribution in [1.82, 2.24) is 25.3 Å². The van der Waals surface area contributed by atoms with Gasteiger partial charge < -0.3 is 10.6 Å². The van der Waals surface area contributed by atoms with E-state index in [0.29, 0.717) is 0 Å². The smallest absolute Gasteiger partial charge is 0.238 e. The van der Waals surface area contributed by atoms with Crippen molar-refractivity contribution in [3.05, 3.63) is 18.5 Å². The van der Waals surface area contributed by atoms with E-state index in [2.05, 4.69) is 20.6 Å². The van der Waals surface area contributed by atoms with Crippen molar-refractivity contribution in [3.8, 4) is 0 Å². The van der Waals surface area contributed by atoms with Gasteiger partial charge in [0.15, 0.2) is 0 Å². The summed E-state index contributed by atoms with van der Waals surface area (Å²) >= 11 is 0. The Labute approximate surface area is 101 Å². The maximum Gasteiger partial charge on any atom is 0.238 e. The lowest BCUT2D eigenvalue weighted by Gasteiger charge is -2.34. The molecule has 2 N–H and O–H groups in total. The standard InChI is InChI=1S/C11H19N5O/c1-12-11(17)10-9-13-4-6-15(10)7-8-16-5-2-3-14-16/h2-3,5,10,13H,4,6-9H2,1H3,(H,12,17). The molecule has 1 atom stereocenters. The zero-order chi connectivity index (χ0) is 12.1. The molecule has 94 valence electrons. The van der Waals surface area contributed by atoms with Crippen LogP contribution >= 0.6 is 0 Å². The van der Waals surface area contributed by atoms with E-state index < -0.39 is 0 Å². The first kappa shape index (κ1) is 12.1. The molecule has 1 saturated heterocycles. The van der Waals surface area contributed by atoms with Crippen LogP contribution in [0.1, 0.15) is 0 Å². The molecule has 1 aliphatic rings. The van der Waals surface area contributed by atoms with E-state index in [1.165, 1.54) is 0 Å². The Morgan fingerprint density at radius 1 is 1.59 bits per heavy atom. The van der Waals surface area contributed by atoms with Crippen molar-refractivity contribution in [2.24, 2.45) is 0 Å². The lowest BCUT2D eigenvalue weighted by molar-refractivity contribution is -0.126. The lowest BCUT2D eigenvalue weighted by atomic mass is 10.2. The van der Waals surface area contributed by atoms with Crippen molar-refractivity contribution in [2.75, 3.05) is 33.2 Å². The average molecular weight is 237 g/mol. The summed E-state index contributed by atoms with van der Waals surface area (Å²) in [4.78, 5) is 13.9. The Morgan fingerprint density at radius 2 is 2.47 bits per heavy atom. The molecule has 1 aromatic rings. The maximum absolute atomic E-state index is 11.7. The van der Waals surface area contributed by atoms with Gasteiger partial charge in [-0.1, -0.05) is 0 Å². The molecule has 0 saturated carbocycles. The summed E-state index contributed by atoms with van der Waals surface area (Å²) < 4.78 is 1.89. The number of hydrogen-bond donors (Lipinski definition) is 2. The molecule has 1 unspecified atom stereocenters. The molecule has 0 bridgehead atoms. The van der Waals surface area contributed by atoms with Gasteiger partial charge in [-0.15, -0.1) is 0 Å². The van der Waals surface area contributed by atoms with Crippen LogP contribution in [0.5, 0.6) is 0 Å². The Kier molecular flexibility index (Phi) is 4.11. The van der Waals surface area contributed by atoms with E-state index in [1.807, 2.05) is 16.9 Å². The molecule has 6 heteroatoms. The molecule has 1 fully saturated rings. The molecule has 17 heavy (non-hydrogen) atoms. The van der Waals surface area contributed by atoms with Crippen molar-refractivity contribution in [3.63, 3.8) is 0 Å². The minimum Gasteiger partial charge on any atom is -0.358 e. The highest BCUT2D eigenvalue weighted by Gasteiger charge is 2.27. The van der Waals surface area contributed by atoms with Crippen LogP contribution in [0.2, 0.25) is 0 Å². The second kappa shape index (κ2) is 5.79. The zero-order valence-corrected chi connectivity index (χ0v) is 10.1. The largest absolute Gasteiger partial charge is 0.358 e. The van der Waals surface area contributed by atoms with Gasteiger partial charge in [-0.05, 0) is 6.07 Å². The van der Waals surface area contributed by atoms with Crippen LogP contribution in [0.3, 0.4) is 0 Å². The predicted molar refractivity (Wildman–Crippen MR) is 64.5 cm³/mol. The first-order valence-corrected chi connectivity index (χ1v) is 5.95. The Morgan fingerprint density at radius 3 is 3.18 bits per heavy atom. The molecule has 1 amide bonds. The van der Waals surface area contributed by atoms with Crippen molar-refractivity contribution in [1.29, 1.82) is 0 Å². The van der Waals surface area contributed by atoms with Crippen LogP contribution in [-0.4, -0.2) is 59.9 Å². The van der Waals surface area contributed by atoms with E-state index in [1.54, 1.807) is 13.2 Å². The summed E-state index contributed by atoms with van der Waals surface area (Å²) in [6, 6.07) is 1.85. The van der Waals surface area contributed by atoms with Gasteiger partial charge >= 0.3 is 0 Å². The SMILES string of the molecule is CNC(=O)C1CNCCN1CCn1cccn1. The minimum atomic E-state index is -0.0655. The number of piperazine rings is 1. The number of nitrogens with one attached hydrogen (secondary N) is 2. The van der Waals surface area contributed by atoms with Gasteiger partial charge in [0.2, 0.25) is 5.91 Å². The summed E-state index contributed by atoms with van der Waals surface area (Å²) in [7, 11) is 1.68. The maximum atomic E-state index is 11.7. The van der Waals surface area contributed by atoms with E-state index in [0.717, 1.165) is 32.7 Å². The van der Waals surface area contributed by atoms with Gasteiger partial charge in [0, 0.05) is 45.6 Å². The van der Waals surface area contributed by atoms with E-state index in [4.69, 9.17) is 0 Å². The molecule has 0 aromatic carbocycles. The number of aromatic nitrogens is 2. The van der Waals surface area contributed by atoms with Crippen LogP contribution in [0.4, 0.5) is 0 Å². The van der Waals surface area contributed by atoms with Crippen LogP contribution < -0.4 is 10.6 Å². The van der Waals surface area contributed by atoms with Gasteiger partial charge in [-0.2, -0.15) is 5.10 Å². The summed E-state index contributed by atoms with van der Waals surface area (Å²) in [5, 5.41) is 10.1. The van der Waals surface area contributed by atoms with Crippen molar-refractivity contribution >= 4 is 5.91 Å². The van der Waals surface area contributed by atoms with Crippen LogP contribution in [-0.2, 0) is 11.3 Å². The zero-order valence-electron chi connectivity index (χ0n) is 10.1. The fourth-order valence-electron chi connectivity index (χ4n) is 2.10. The minimum absolute atomic E-state index is 0.0655. The molecule has 0 aliphatic carbocycles. The summed E-state index contributed by atoms with van der Waals surface area (Å²) in [6.45, 7) is 4.23. The third-order valence-electron chi connectivity index (χ3n) is 3.08. The van der Waals surface area contributed by atoms with Crippen LogP contribution in [0.15, 0.2) is 18.5 Å². The number of hydrogen-bond acceptors (Lipinski definition) is 4. The molecule has 0 radical (unpaired) electrons. The van der Waals surface area contributed by atoms with Crippen molar-refractivity contribution < 1.29 is 4.79 Å². The lowest BCUT2D eigenvalue weighted by Crippen LogP contribution is -2.57. The first-order valence-electron chi connectivity index (χ1n) is 5.95. The fourth-order valence-corrected chi connectivity index (χ4v) is 2.10. The Bertz CT molecular complexity index is 351. The summed E-state index contributed by atoms with van der Waals surface area (Å²) in [5.41, 5.74) is 0. The Balaban J connectivity index is 1.90. The van der Waals surface area contributed by atoms with Crippen LogP contribution in [0, 0.1) is 0 Å². The molecule has 2 rings (SSSR count). The first-order chi connectivity index (χ1) is 8.31. The summed E-state index contributed by atoms with van der Waals surface area (Å²) in [6.07, 6.45) is 3.71. The van der Waals surface area contributed by atoms with Crippen molar-refractivity contribution in [2.45, 2.75) is 12.6 Å². The molecule has 1 aliphatic heterocycles. The number of nitrogens with zero attached hydrogens (tertiary/aromatic N) is 3. The molecular weight excluding hydrogens is 218 g/mol. The van der Waals surface area contributed by atoms with E-state index >= 15 is 0 Å². The highest BCUT2D eigenvalue weighted by molar-refractivity contribution is 5.81. The normalized spacial score (nSPS) is 21.4. The van der Waals surface area contributed by atoms with Gasteiger partial charge in [-0.3, -0.25) is 14.4 Å². The second-order valence-electron chi connectivity index (χ2n) is 4.14. The average Bonchev–Trinajstić information content (AvgIpc) is 2.89. The Hall–Kier alpha value is -1.40. The van der Waals surface area contributed by atoms with Gasteiger partial charge in [0.05, 0.1) is 6.54 Å². The second-order valence-corrected chi connectivity index (χ2v) is 4.14. The van der Waals surface area contributed by atoms with Gasteiger partial charge in [0.1, 0.15) is 6.04 Å². The highest BCUT2D eigenvalue weighted by Crippen LogP contribution is 2.03. The number of amides is 1. The quantitative estimate of drug-likeness (QED) is 0.698. The topological polar surface area (TPSA) is 62.2 Å². The van der Waals surface area contributed by atoms with E-state index in [9.17, 15) is 4.79 Å². The van der Waals surface area contributed by atoms with Crippen LogP contribution in [0.25, 0.3) is 0 Å². The number of likely N-dealkylation sites (N-methyl/N-ethyl adjacent to an activating group) is 1. The monoisotopic (exact) mass is 237 g/mol. The number of carbonyl (C=O) groups is 1. The fraction of sp³-hybridized carbons (Fsp3) is 0.636. The van der Waals surface area contributed by atoms with E-state index in [-0.39, 0.29) is 11.9 Å². The highest BCUT2D eigenvalue weighted by atomic mass is 16.2. The molecule has 0 spiro atoms. The van der Waals surface area contributed by atoms with Gasteiger partial charge in [-0.25, -0.2) is 0 Å².